The summed E-state index contributed by atoms with van der Waals surface area (Å²) in [5, 5.41) is 11.5. The summed E-state index contributed by atoms with van der Waals surface area (Å²) in [6.07, 6.45) is 3.69. The summed E-state index contributed by atoms with van der Waals surface area (Å²) in [5.41, 5.74) is 5.11. The summed E-state index contributed by atoms with van der Waals surface area (Å²) in [4.78, 5) is 28.8. The molecule has 318 valence electrons. The van der Waals surface area contributed by atoms with Crippen molar-refractivity contribution in [3.63, 3.8) is 0 Å². The van der Waals surface area contributed by atoms with Crippen molar-refractivity contribution in [2.24, 2.45) is 0 Å². The van der Waals surface area contributed by atoms with E-state index in [2.05, 4.69) is 64.0 Å². The van der Waals surface area contributed by atoms with E-state index in [1.807, 2.05) is 35.2 Å². The van der Waals surface area contributed by atoms with Gasteiger partial charge in [0, 0.05) is 36.0 Å². The van der Waals surface area contributed by atoms with E-state index in [-0.39, 0.29) is 54.1 Å². The normalized spacial score (nSPS) is 18.3. The van der Waals surface area contributed by atoms with Crippen molar-refractivity contribution in [1.82, 2.24) is 19.8 Å². The van der Waals surface area contributed by atoms with E-state index in [0.29, 0.717) is 40.0 Å². The van der Waals surface area contributed by atoms with Crippen molar-refractivity contribution in [3.8, 4) is 34.7 Å². The molecule has 4 aromatic rings. The van der Waals surface area contributed by atoms with Crippen LogP contribution in [0, 0.1) is 34.4 Å². The van der Waals surface area contributed by atoms with Crippen LogP contribution in [0.3, 0.4) is 0 Å². The molecule has 3 fully saturated rings. The Morgan fingerprint density at radius 2 is 1.63 bits per heavy atom. The van der Waals surface area contributed by atoms with E-state index in [9.17, 15) is 10.1 Å². The number of aromatic nitrogens is 2. The first-order valence-corrected chi connectivity index (χ1v) is 24.0. The number of carbonyl (C=O) groups excluding carboxylic acids is 1. The monoisotopic (exact) mass is 834 g/mol. The number of ether oxygens (including phenoxy) is 2. The van der Waals surface area contributed by atoms with Crippen molar-refractivity contribution in [3.05, 3.63) is 59.7 Å². The van der Waals surface area contributed by atoms with Gasteiger partial charge >= 0.3 is 12.1 Å². The predicted octanol–water partition coefficient (Wildman–Crippen LogP) is 10.6. The van der Waals surface area contributed by atoms with Gasteiger partial charge < -0.3 is 19.3 Å². The van der Waals surface area contributed by atoms with E-state index in [4.69, 9.17) is 19.4 Å². The third kappa shape index (κ3) is 8.05. The molecule has 3 aliphatic heterocycles. The first-order chi connectivity index (χ1) is 28.5. The van der Waals surface area contributed by atoms with Crippen molar-refractivity contribution in [2.45, 2.75) is 128 Å². The minimum atomic E-state index is -2.13. The number of anilines is 1. The van der Waals surface area contributed by atoms with Crippen LogP contribution in [0.15, 0.2) is 42.5 Å². The van der Waals surface area contributed by atoms with Gasteiger partial charge in [-0.3, -0.25) is 4.90 Å². The molecule has 7 rings (SSSR count). The number of fused-ring (bicyclic) bond motifs is 3. The highest BCUT2D eigenvalue weighted by Crippen LogP contribution is 2.43. The average molecular weight is 835 g/mol. The van der Waals surface area contributed by atoms with Crippen LogP contribution in [-0.2, 0) is 4.74 Å². The lowest BCUT2D eigenvalue weighted by atomic mass is 9.93. The van der Waals surface area contributed by atoms with Gasteiger partial charge in [-0.25, -0.2) is 13.6 Å². The molecular formula is C48H60F2N6O3Si. The lowest BCUT2D eigenvalue weighted by Gasteiger charge is -2.41. The predicted molar refractivity (Wildman–Crippen MR) is 238 cm³/mol. The van der Waals surface area contributed by atoms with Gasteiger partial charge in [-0.05, 0) is 99.2 Å². The number of piperazine rings is 1. The second-order valence-corrected chi connectivity index (χ2v) is 24.6. The SMILES string of the molecule is CC(C)[Si](C#Cc1cccc2cccc(-c3c(F)cc4c(N5CCN(C(=O)OC(C)(C)C)[C@@H](CC#N)C5)nc(OCC56CCCN5CCC6)nc4c3F)c12)(C(C)C)C(C)C. The molecule has 0 radical (unpaired) electrons. The van der Waals surface area contributed by atoms with Gasteiger partial charge in [0.05, 0.1) is 29.6 Å². The summed E-state index contributed by atoms with van der Waals surface area (Å²) >= 11 is 0. The molecule has 0 saturated carbocycles. The number of hydrogen-bond donors (Lipinski definition) is 0. The van der Waals surface area contributed by atoms with Crippen LogP contribution in [0.5, 0.6) is 6.01 Å². The average Bonchev–Trinajstić information content (AvgIpc) is 3.77. The Kier molecular flexibility index (Phi) is 12.2. The second-order valence-electron chi connectivity index (χ2n) is 19.0. The van der Waals surface area contributed by atoms with Crippen LogP contribution in [-0.4, -0.2) is 90.4 Å². The molecule has 0 unspecified atom stereocenters. The van der Waals surface area contributed by atoms with Crippen LogP contribution in [0.1, 0.15) is 100.0 Å². The number of carbonyl (C=O) groups is 1. The van der Waals surface area contributed by atoms with E-state index >= 15 is 8.78 Å². The molecule has 1 aromatic heterocycles. The smallest absolute Gasteiger partial charge is 0.410 e. The molecule has 0 bridgehead atoms. The topological polar surface area (TPSA) is 94.8 Å². The summed E-state index contributed by atoms with van der Waals surface area (Å²) in [7, 11) is -2.13. The summed E-state index contributed by atoms with van der Waals surface area (Å²) in [5.74, 6) is 2.30. The van der Waals surface area contributed by atoms with Gasteiger partial charge in [0.1, 0.15) is 37.4 Å². The molecule has 1 amide bonds. The number of nitriles is 1. The number of nitrogens with zero attached hydrogens (tertiary/aromatic N) is 6. The molecule has 0 N–H and O–H groups in total. The summed E-state index contributed by atoms with van der Waals surface area (Å²) in [6.45, 7) is 22.1. The Morgan fingerprint density at radius 3 is 2.27 bits per heavy atom. The Hall–Kier alpha value is -4.78. The quantitative estimate of drug-likeness (QED) is 0.122. The molecule has 3 aliphatic rings. The Balaban J connectivity index is 1.37. The third-order valence-corrected chi connectivity index (χ3v) is 19.6. The Labute approximate surface area is 355 Å². The molecule has 4 heterocycles. The van der Waals surface area contributed by atoms with Crippen LogP contribution < -0.4 is 9.64 Å². The van der Waals surface area contributed by atoms with Crippen LogP contribution in [0.25, 0.3) is 32.8 Å². The van der Waals surface area contributed by atoms with E-state index in [1.165, 1.54) is 6.07 Å². The zero-order valence-corrected chi connectivity index (χ0v) is 37.8. The first-order valence-electron chi connectivity index (χ1n) is 21.7. The lowest BCUT2D eigenvalue weighted by Crippen LogP contribution is -2.56. The highest BCUT2D eigenvalue weighted by Gasteiger charge is 2.45. The number of halogens is 2. The molecule has 3 aromatic carbocycles. The number of benzene rings is 3. The summed E-state index contributed by atoms with van der Waals surface area (Å²) in [6, 6.07) is 14.4. The van der Waals surface area contributed by atoms with Crippen molar-refractivity contribution < 1.29 is 23.0 Å². The molecule has 60 heavy (non-hydrogen) atoms. The van der Waals surface area contributed by atoms with Crippen molar-refractivity contribution >= 4 is 41.7 Å². The highest BCUT2D eigenvalue weighted by molar-refractivity contribution is 6.90. The highest BCUT2D eigenvalue weighted by atomic mass is 28.3. The van der Waals surface area contributed by atoms with Crippen molar-refractivity contribution in [2.75, 3.05) is 44.2 Å². The lowest BCUT2D eigenvalue weighted by molar-refractivity contribution is 0.0145. The van der Waals surface area contributed by atoms with Crippen LogP contribution in [0.2, 0.25) is 16.6 Å². The second kappa shape index (κ2) is 16.9. The van der Waals surface area contributed by atoms with Gasteiger partial charge in [-0.2, -0.15) is 15.2 Å². The van der Waals surface area contributed by atoms with Gasteiger partial charge in [0.25, 0.3) is 0 Å². The minimum absolute atomic E-state index is 0.00955. The molecule has 9 nitrogen and oxygen atoms in total. The molecule has 0 spiro atoms. The van der Waals surface area contributed by atoms with Gasteiger partial charge in [-0.15, -0.1) is 5.54 Å². The maximum absolute atomic E-state index is 17.6. The van der Waals surface area contributed by atoms with E-state index < -0.39 is 37.4 Å². The molecular weight excluding hydrogens is 775 g/mol. The maximum atomic E-state index is 17.6. The first kappa shape index (κ1) is 43.3. The largest absolute Gasteiger partial charge is 0.461 e. The molecule has 1 atom stereocenters. The fourth-order valence-corrected chi connectivity index (χ4v) is 15.7. The maximum Gasteiger partial charge on any atom is 0.410 e. The molecule has 0 aliphatic carbocycles. The Morgan fingerprint density at radius 1 is 0.967 bits per heavy atom. The molecule has 3 saturated heterocycles. The zero-order valence-electron chi connectivity index (χ0n) is 36.8. The van der Waals surface area contributed by atoms with Crippen molar-refractivity contribution in [1.29, 1.82) is 5.26 Å². The van der Waals surface area contributed by atoms with E-state index in [0.717, 1.165) is 49.7 Å². The van der Waals surface area contributed by atoms with Crippen LogP contribution >= 0.6 is 0 Å². The third-order valence-electron chi connectivity index (χ3n) is 13.3. The number of amides is 1. The zero-order chi connectivity index (χ0) is 43.1. The van der Waals surface area contributed by atoms with Crippen LogP contribution in [0.4, 0.5) is 19.4 Å². The molecule has 12 heteroatoms. The van der Waals surface area contributed by atoms with Gasteiger partial charge in [0.15, 0.2) is 5.82 Å². The minimum Gasteiger partial charge on any atom is -0.461 e. The number of hydrogen-bond acceptors (Lipinski definition) is 8. The van der Waals surface area contributed by atoms with Gasteiger partial charge in [-0.1, -0.05) is 77.8 Å². The Bertz CT molecular complexity index is 2340. The fraction of sp³-hybridized carbons (Fsp3) is 0.542. The fourth-order valence-electron chi connectivity index (χ4n) is 10.5. The van der Waals surface area contributed by atoms with Gasteiger partial charge in [0.2, 0.25) is 0 Å². The standard InChI is InChI=1S/C48H60F2N6O3Si/c1-31(2)60(32(3)4,33(5)6)27-19-35-15-10-14-34-16-11-17-37(40(34)35)41-39(49)28-38-43(42(41)50)52-45(58-30-48-20-12-23-55(48)24-13-21-48)53-44(38)54-25-26-56(36(29-54)18-22-51)46(57)59-47(7,8)9/h10-11,14-17,28,31-33,36H,12-13,18,20-21,23-26,29-30H2,1-9H3/t36-/m0/s1. The summed E-state index contributed by atoms with van der Waals surface area (Å²) < 4.78 is 46.8. The number of rotatable bonds is 9. The van der Waals surface area contributed by atoms with E-state index in [1.54, 1.807) is 31.7 Å².